The van der Waals surface area contributed by atoms with Crippen LogP contribution in [0.4, 0.5) is 10.2 Å². The minimum absolute atomic E-state index is 0.251. The molecule has 37 heavy (non-hydrogen) atoms. The third-order valence-corrected chi connectivity index (χ3v) is 8.13. The molecule has 2 aliphatic rings. The van der Waals surface area contributed by atoms with Gasteiger partial charge in [-0.05, 0) is 55.2 Å². The van der Waals surface area contributed by atoms with E-state index in [1.54, 1.807) is 23.7 Å². The van der Waals surface area contributed by atoms with E-state index in [4.69, 9.17) is 21.4 Å². The molecule has 0 fully saturated rings. The number of thiophene rings is 1. The van der Waals surface area contributed by atoms with E-state index in [1.807, 2.05) is 35.9 Å². The minimum atomic E-state index is -0.751. The molecule has 9 heteroatoms. The third-order valence-electron chi connectivity index (χ3n) is 6.63. The van der Waals surface area contributed by atoms with Crippen LogP contribution in [0.15, 0.2) is 73.1 Å². The van der Waals surface area contributed by atoms with E-state index in [9.17, 15) is 4.39 Å². The molecule has 0 radical (unpaired) electrons. The van der Waals surface area contributed by atoms with E-state index < -0.39 is 4.87 Å². The molecule has 188 valence electrons. The van der Waals surface area contributed by atoms with Crippen molar-refractivity contribution in [2.24, 2.45) is 0 Å². The van der Waals surface area contributed by atoms with E-state index >= 15 is 0 Å². The number of benzene rings is 1. The largest absolute Gasteiger partial charge is 0.491 e. The summed E-state index contributed by atoms with van der Waals surface area (Å²) in [7, 11) is 0. The van der Waals surface area contributed by atoms with Gasteiger partial charge < -0.3 is 10.1 Å². The predicted octanol–water partition coefficient (Wildman–Crippen LogP) is 6.78. The highest BCUT2D eigenvalue weighted by atomic mass is 35.5. The first-order valence-corrected chi connectivity index (χ1v) is 13.3. The highest BCUT2D eigenvalue weighted by Crippen LogP contribution is 2.45. The van der Waals surface area contributed by atoms with Crippen LogP contribution in [0.3, 0.4) is 0 Å². The lowest BCUT2D eigenvalue weighted by Crippen LogP contribution is -2.27. The van der Waals surface area contributed by atoms with E-state index in [0.29, 0.717) is 18.7 Å². The van der Waals surface area contributed by atoms with Crippen molar-refractivity contribution in [3.05, 3.63) is 95.7 Å². The minimum Gasteiger partial charge on any atom is -0.491 e. The standard InChI is InChI=1S/C28H25ClFN5OS/c1-3-11-35-14-21-22(34-35)9-8-20-24-26(31-16-32-27(24)37-25(20)21)33-19-7-10-23(28(2,29)13-19)36-15-17-5-4-6-18(30)12-17/h3-7,10,12,14,16H,1,8-9,11,13,15H2,2H3,(H,31,32,33). The number of rotatable bonds is 7. The van der Waals surface area contributed by atoms with Crippen LogP contribution in [0.1, 0.15) is 30.2 Å². The van der Waals surface area contributed by atoms with Crippen LogP contribution in [0.5, 0.6) is 0 Å². The molecular formula is C28H25ClFN5OS. The van der Waals surface area contributed by atoms with Crippen molar-refractivity contribution in [1.82, 2.24) is 19.7 Å². The first-order valence-electron chi connectivity index (χ1n) is 12.1. The second-order valence-corrected chi connectivity index (χ2v) is 11.3. The highest BCUT2D eigenvalue weighted by molar-refractivity contribution is 7.22. The van der Waals surface area contributed by atoms with Crippen LogP contribution < -0.4 is 5.32 Å². The zero-order valence-corrected chi connectivity index (χ0v) is 21.9. The Labute approximate surface area is 223 Å². The summed E-state index contributed by atoms with van der Waals surface area (Å²) in [4.78, 5) is 10.6. The molecule has 0 bridgehead atoms. The van der Waals surface area contributed by atoms with E-state index in [1.165, 1.54) is 28.1 Å². The molecule has 0 aliphatic heterocycles. The van der Waals surface area contributed by atoms with Crippen molar-refractivity contribution in [3.63, 3.8) is 0 Å². The van der Waals surface area contributed by atoms with Gasteiger partial charge in [-0.2, -0.15) is 5.10 Å². The second kappa shape index (κ2) is 9.43. The fraction of sp³-hybridized carbons (Fsp3) is 0.250. The van der Waals surface area contributed by atoms with E-state index in [2.05, 4.69) is 28.1 Å². The lowest BCUT2D eigenvalue weighted by molar-refractivity contribution is 0.173. The average Bonchev–Trinajstić information content (AvgIpc) is 3.45. The number of nitrogens with one attached hydrogen (secondary N) is 1. The van der Waals surface area contributed by atoms with Crippen molar-refractivity contribution < 1.29 is 9.13 Å². The SMILES string of the molecule is C=CCn1cc2c(n1)CCc1c-2sc2ncnc(NC3=CC=C(OCc4cccc(F)c4)C(C)(Cl)C3)c12. The first-order chi connectivity index (χ1) is 17.9. The Morgan fingerprint density at radius 3 is 3.00 bits per heavy atom. The van der Waals surface area contributed by atoms with Crippen LogP contribution in [0, 0.1) is 5.82 Å². The highest BCUT2D eigenvalue weighted by Gasteiger charge is 2.33. The average molecular weight is 534 g/mol. The molecule has 0 saturated carbocycles. The maximum atomic E-state index is 13.5. The summed E-state index contributed by atoms with van der Waals surface area (Å²) in [5.74, 6) is 1.14. The number of hydrogen-bond acceptors (Lipinski definition) is 6. The molecule has 6 rings (SSSR count). The van der Waals surface area contributed by atoms with Gasteiger partial charge >= 0.3 is 0 Å². The summed E-state index contributed by atoms with van der Waals surface area (Å²) < 4.78 is 21.4. The molecule has 2 aliphatic carbocycles. The molecule has 0 spiro atoms. The maximum Gasteiger partial charge on any atom is 0.142 e. The monoisotopic (exact) mass is 533 g/mol. The van der Waals surface area contributed by atoms with Crippen molar-refractivity contribution >= 4 is 39.0 Å². The van der Waals surface area contributed by atoms with Gasteiger partial charge in [-0.3, -0.25) is 4.68 Å². The number of alkyl halides is 1. The first kappa shape index (κ1) is 23.9. The van der Waals surface area contributed by atoms with E-state index in [-0.39, 0.29) is 12.4 Å². The van der Waals surface area contributed by atoms with Crippen LogP contribution in [0.25, 0.3) is 20.7 Å². The lowest BCUT2D eigenvalue weighted by atomic mass is 9.95. The molecular weight excluding hydrogens is 509 g/mol. The fourth-order valence-electron chi connectivity index (χ4n) is 4.92. The molecule has 0 amide bonds. The molecule has 3 heterocycles. The number of fused-ring (bicyclic) bond motifs is 5. The van der Waals surface area contributed by atoms with Crippen molar-refractivity contribution in [2.45, 2.75) is 44.2 Å². The molecule has 1 N–H and O–H groups in total. The normalized spacial score (nSPS) is 18.6. The third kappa shape index (κ3) is 4.55. The summed E-state index contributed by atoms with van der Waals surface area (Å²) in [5.41, 5.74) is 5.24. The van der Waals surface area contributed by atoms with Gasteiger partial charge in [0, 0.05) is 28.8 Å². The van der Waals surface area contributed by atoms with Gasteiger partial charge in [-0.25, -0.2) is 14.4 Å². The zero-order valence-electron chi connectivity index (χ0n) is 20.3. The van der Waals surface area contributed by atoms with Crippen molar-refractivity contribution in [3.8, 4) is 10.4 Å². The fourth-order valence-corrected chi connectivity index (χ4v) is 6.41. The number of aryl methyl sites for hydroxylation is 2. The number of ether oxygens (including phenoxy) is 1. The second-order valence-electron chi connectivity index (χ2n) is 9.45. The maximum absolute atomic E-state index is 13.5. The quantitative estimate of drug-likeness (QED) is 0.210. The Balaban J connectivity index is 1.28. The van der Waals surface area contributed by atoms with Gasteiger partial charge in [0.05, 0.1) is 17.6 Å². The number of aromatic nitrogens is 4. The van der Waals surface area contributed by atoms with Crippen molar-refractivity contribution in [2.75, 3.05) is 5.32 Å². The number of hydrogen-bond donors (Lipinski definition) is 1. The molecule has 1 unspecified atom stereocenters. The smallest absolute Gasteiger partial charge is 0.142 e. The van der Waals surface area contributed by atoms with Crippen LogP contribution in [-0.2, 0) is 30.7 Å². The lowest BCUT2D eigenvalue weighted by Gasteiger charge is -2.30. The molecule has 3 aromatic heterocycles. The Bertz CT molecular complexity index is 1580. The van der Waals surface area contributed by atoms with Crippen LogP contribution >= 0.6 is 22.9 Å². The zero-order chi connectivity index (χ0) is 25.6. The Hall–Kier alpha value is -3.49. The molecule has 1 aromatic carbocycles. The number of allylic oxidation sites excluding steroid dienone is 5. The van der Waals surface area contributed by atoms with Crippen LogP contribution in [-0.4, -0.2) is 24.6 Å². The van der Waals surface area contributed by atoms with Gasteiger partial charge in [0.25, 0.3) is 0 Å². The van der Waals surface area contributed by atoms with Gasteiger partial charge in [-0.1, -0.05) is 18.2 Å². The molecule has 6 nitrogen and oxygen atoms in total. The Morgan fingerprint density at radius 2 is 2.19 bits per heavy atom. The Morgan fingerprint density at radius 1 is 1.30 bits per heavy atom. The summed E-state index contributed by atoms with van der Waals surface area (Å²) >= 11 is 8.58. The summed E-state index contributed by atoms with van der Waals surface area (Å²) in [6.45, 7) is 6.69. The van der Waals surface area contributed by atoms with Gasteiger partial charge in [0.15, 0.2) is 0 Å². The van der Waals surface area contributed by atoms with E-state index in [0.717, 1.165) is 45.8 Å². The molecule has 0 saturated heterocycles. The van der Waals surface area contributed by atoms with Gasteiger partial charge in [0.2, 0.25) is 0 Å². The number of nitrogens with zero attached hydrogens (tertiary/aromatic N) is 4. The predicted molar refractivity (Wildman–Crippen MR) is 146 cm³/mol. The number of anilines is 1. The summed E-state index contributed by atoms with van der Waals surface area (Å²) in [5, 5.41) is 9.30. The summed E-state index contributed by atoms with van der Waals surface area (Å²) in [6, 6.07) is 6.38. The Kier molecular flexibility index (Phi) is 6.09. The van der Waals surface area contributed by atoms with Crippen LogP contribution in [0.2, 0.25) is 0 Å². The topological polar surface area (TPSA) is 64.9 Å². The number of halogens is 2. The molecule has 1 atom stereocenters. The summed E-state index contributed by atoms with van der Waals surface area (Å²) in [6.07, 6.45) is 11.7. The van der Waals surface area contributed by atoms with Crippen molar-refractivity contribution in [1.29, 1.82) is 0 Å². The molecule has 4 aromatic rings. The van der Waals surface area contributed by atoms with Gasteiger partial charge in [0.1, 0.15) is 40.0 Å². The van der Waals surface area contributed by atoms with Gasteiger partial charge in [-0.15, -0.1) is 29.5 Å².